The van der Waals surface area contributed by atoms with E-state index < -0.39 is 5.97 Å². The third-order valence-electron chi connectivity index (χ3n) is 3.23. The molecule has 0 aliphatic rings. The molecule has 0 aromatic carbocycles. The Morgan fingerprint density at radius 2 is 1.89 bits per heavy atom. The second kappa shape index (κ2) is 6.59. The summed E-state index contributed by atoms with van der Waals surface area (Å²) in [6.07, 6.45) is 1.75. The van der Waals surface area contributed by atoms with Crippen molar-refractivity contribution in [1.82, 2.24) is 4.90 Å². The number of hydrogen-bond donors (Lipinski definition) is 1. The van der Waals surface area contributed by atoms with Crippen LogP contribution in [0.1, 0.15) is 54.6 Å². The van der Waals surface area contributed by atoms with Gasteiger partial charge in [0.25, 0.3) is 0 Å². The molecular formula is C14H23NO3. The lowest BCUT2D eigenvalue weighted by atomic mass is 10.1. The van der Waals surface area contributed by atoms with Crippen molar-refractivity contribution < 1.29 is 14.3 Å². The summed E-state index contributed by atoms with van der Waals surface area (Å²) >= 11 is 0. The molecule has 0 amide bonds. The highest BCUT2D eigenvalue weighted by Gasteiger charge is 2.23. The fourth-order valence-corrected chi connectivity index (χ4v) is 2.20. The summed E-state index contributed by atoms with van der Waals surface area (Å²) in [7, 11) is 0. The Morgan fingerprint density at radius 1 is 1.28 bits per heavy atom. The summed E-state index contributed by atoms with van der Waals surface area (Å²) < 4.78 is 5.63. The molecule has 4 heteroatoms. The first-order valence-electron chi connectivity index (χ1n) is 6.61. The Labute approximate surface area is 109 Å². The number of carboxylic acid groups (broad SMARTS) is 1. The van der Waals surface area contributed by atoms with Crippen molar-refractivity contribution >= 4 is 5.97 Å². The van der Waals surface area contributed by atoms with Gasteiger partial charge in [-0.3, -0.25) is 4.90 Å². The first-order chi connectivity index (χ1) is 8.54. The van der Waals surface area contributed by atoms with E-state index >= 15 is 0 Å². The zero-order chi connectivity index (χ0) is 13.7. The van der Waals surface area contributed by atoms with Crippen LogP contribution in [0.15, 0.2) is 4.42 Å². The molecule has 1 heterocycles. The number of aromatic carboxylic acids is 1. The van der Waals surface area contributed by atoms with Crippen molar-refractivity contribution in [2.24, 2.45) is 0 Å². The zero-order valence-corrected chi connectivity index (χ0v) is 11.7. The molecule has 102 valence electrons. The van der Waals surface area contributed by atoms with E-state index in [0.29, 0.717) is 17.9 Å². The summed E-state index contributed by atoms with van der Waals surface area (Å²) in [5.41, 5.74) is 1.20. The standard InChI is InChI=1S/C14H23NO3/c1-5-8-12-11(9-15(6-2)7-3)13(14(16)17)10(4)18-12/h5-9H2,1-4H3,(H,16,17). The predicted molar refractivity (Wildman–Crippen MR) is 71.0 cm³/mol. The summed E-state index contributed by atoms with van der Waals surface area (Å²) in [5.74, 6) is 0.466. The van der Waals surface area contributed by atoms with Gasteiger partial charge in [0, 0.05) is 18.5 Å². The fourth-order valence-electron chi connectivity index (χ4n) is 2.20. The van der Waals surface area contributed by atoms with E-state index in [1.54, 1.807) is 6.92 Å². The molecule has 1 aromatic rings. The van der Waals surface area contributed by atoms with Crippen molar-refractivity contribution in [3.05, 3.63) is 22.6 Å². The van der Waals surface area contributed by atoms with Crippen LogP contribution in [-0.4, -0.2) is 29.1 Å². The van der Waals surface area contributed by atoms with Crippen LogP contribution < -0.4 is 0 Å². The number of hydrogen-bond acceptors (Lipinski definition) is 3. The van der Waals surface area contributed by atoms with Crippen molar-refractivity contribution in [1.29, 1.82) is 0 Å². The van der Waals surface area contributed by atoms with Crippen LogP contribution in [0.4, 0.5) is 0 Å². The van der Waals surface area contributed by atoms with Gasteiger partial charge in [0.1, 0.15) is 17.1 Å². The Balaban J connectivity index is 3.14. The summed E-state index contributed by atoms with van der Waals surface area (Å²) in [6.45, 7) is 10.4. The molecule has 0 saturated carbocycles. The van der Waals surface area contributed by atoms with Gasteiger partial charge in [-0.25, -0.2) is 4.79 Å². The molecule has 0 atom stereocenters. The van der Waals surface area contributed by atoms with Crippen molar-refractivity contribution in [2.45, 2.75) is 47.1 Å². The molecule has 1 aromatic heterocycles. The number of nitrogens with zero attached hydrogens (tertiary/aromatic N) is 1. The van der Waals surface area contributed by atoms with E-state index in [1.807, 2.05) is 0 Å². The highest BCUT2D eigenvalue weighted by molar-refractivity contribution is 5.90. The Kier molecular flexibility index (Phi) is 5.41. The monoisotopic (exact) mass is 253 g/mol. The van der Waals surface area contributed by atoms with Gasteiger partial charge in [-0.1, -0.05) is 20.8 Å². The Bertz CT molecular complexity index is 405. The maximum absolute atomic E-state index is 11.3. The van der Waals surface area contributed by atoms with Crippen LogP contribution in [0.5, 0.6) is 0 Å². The van der Waals surface area contributed by atoms with Gasteiger partial charge in [0.2, 0.25) is 0 Å². The number of rotatable bonds is 7. The van der Waals surface area contributed by atoms with E-state index in [9.17, 15) is 9.90 Å². The highest BCUT2D eigenvalue weighted by Crippen LogP contribution is 2.25. The minimum Gasteiger partial charge on any atom is -0.478 e. The molecule has 18 heavy (non-hydrogen) atoms. The molecule has 0 aliphatic carbocycles. The lowest BCUT2D eigenvalue weighted by Crippen LogP contribution is -2.23. The molecule has 0 aliphatic heterocycles. The first-order valence-corrected chi connectivity index (χ1v) is 6.61. The number of carboxylic acids is 1. The maximum Gasteiger partial charge on any atom is 0.339 e. The lowest BCUT2D eigenvalue weighted by Gasteiger charge is -2.18. The summed E-state index contributed by atoms with van der Waals surface area (Å²) in [5, 5.41) is 9.31. The molecule has 1 rings (SSSR count). The van der Waals surface area contributed by atoms with Gasteiger partial charge in [0.05, 0.1) is 0 Å². The Morgan fingerprint density at radius 3 is 2.33 bits per heavy atom. The molecule has 0 unspecified atom stereocenters. The predicted octanol–water partition coefficient (Wildman–Crippen LogP) is 3.08. The van der Waals surface area contributed by atoms with E-state index in [4.69, 9.17) is 4.42 Å². The van der Waals surface area contributed by atoms with Gasteiger partial charge in [-0.15, -0.1) is 0 Å². The molecule has 0 bridgehead atoms. The third kappa shape index (κ3) is 3.13. The maximum atomic E-state index is 11.3. The molecule has 0 fully saturated rings. The van der Waals surface area contributed by atoms with Crippen LogP contribution >= 0.6 is 0 Å². The fraction of sp³-hybridized carbons (Fsp3) is 0.643. The van der Waals surface area contributed by atoms with E-state index in [0.717, 1.165) is 37.3 Å². The van der Waals surface area contributed by atoms with Gasteiger partial charge < -0.3 is 9.52 Å². The molecular weight excluding hydrogens is 230 g/mol. The Hall–Kier alpha value is -1.29. The molecule has 4 nitrogen and oxygen atoms in total. The van der Waals surface area contributed by atoms with Crippen LogP contribution in [0.3, 0.4) is 0 Å². The van der Waals surface area contributed by atoms with Gasteiger partial charge in [-0.2, -0.15) is 0 Å². The topological polar surface area (TPSA) is 53.7 Å². The van der Waals surface area contributed by atoms with Crippen molar-refractivity contribution in [2.75, 3.05) is 13.1 Å². The first kappa shape index (κ1) is 14.8. The third-order valence-corrected chi connectivity index (χ3v) is 3.23. The molecule has 0 radical (unpaired) electrons. The SMILES string of the molecule is CCCc1oc(C)c(C(=O)O)c1CN(CC)CC. The van der Waals surface area contributed by atoms with Gasteiger partial charge >= 0.3 is 5.97 Å². The lowest BCUT2D eigenvalue weighted by molar-refractivity contribution is 0.0693. The van der Waals surface area contributed by atoms with Gasteiger partial charge in [-0.05, 0) is 26.4 Å². The van der Waals surface area contributed by atoms with Crippen LogP contribution in [0.2, 0.25) is 0 Å². The average molecular weight is 253 g/mol. The second-order valence-corrected chi connectivity index (χ2v) is 4.45. The highest BCUT2D eigenvalue weighted by atomic mass is 16.4. The molecule has 0 saturated heterocycles. The average Bonchev–Trinajstić information content (AvgIpc) is 2.62. The largest absolute Gasteiger partial charge is 0.478 e. The minimum absolute atomic E-state index is 0.352. The van der Waals surface area contributed by atoms with Crippen LogP contribution in [0.25, 0.3) is 0 Å². The molecule has 0 spiro atoms. The number of furan rings is 1. The van der Waals surface area contributed by atoms with Gasteiger partial charge in [0.15, 0.2) is 0 Å². The minimum atomic E-state index is -0.888. The number of aryl methyl sites for hydroxylation is 2. The van der Waals surface area contributed by atoms with Crippen LogP contribution in [-0.2, 0) is 13.0 Å². The van der Waals surface area contributed by atoms with Crippen LogP contribution in [0, 0.1) is 6.92 Å². The van der Waals surface area contributed by atoms with E-state index in [1.165, 1.54) is 0 Å². The molecule has 1 N–H and O–H groups in total. The quantitative estimate of drug-likeness (QED) is 0.811. The van der Waals surface area contributed by atoms with Crippen molar-refractivity contribution in [3.63, 3.8) is 0 Å². The number of carbonyl (C=O) groups is 1. The van der Waals surface area contributed by atoms with E-state index in [2.05, 4.69) is 25.7 Å². The normalized spacial score (nSPS) is 11.2. The zero-order valence-electron chi connectivity index (χ0n) is 11.7. The summed E-state index contributed by atoms with van der Waals surface area (Å²) in [4.78, 5) is 13.5. The smallest absolute Gasteiger partial charge is 0.339 e. The second-order valence-electron chi connectivity index (χ2n) is 4.45. The van der Waals surface area contributed by atoms with Crippen molar-refractivity contribution in [3.8, 4) is 0 Å². The summed E-state index contributed by atoms with van der Waals surface area (Å²) in [6, 6.07) is 0. The van der Waals surface area contributed by atoms with E-state index in [-0.39, 0.29) is 0 Å².